The van der Waals surface area contributed by atoms with Crippen LogP contribution in [0.2, 0.25) is 0 Å². The van der Waals surface area contributed by atoms with Gasteiger partial charge in [-0.2, -0.15) is 0 Å². The smallest absolute Gasteiger partial charge is 0.132 e. The van der Waals surface area contributed by atoms with Gasteiger partial charge in [0, 0.05) is 24.2 Å². The van der Waals surface area contributed by atoms with Crippen molar-refractivity contribution in [1.82, 2.24) is 0 Å². The highest BCUT2D eigenvalue weighted by molar-refractivity contribution is 7.85. The molecule has 0 saturated carbocycles. The van der Waals surface area contributed by atoms with E-state index in [-0.39, 0.29) is 11.9 Å². The van der Waals surface area contributed by atoms with Crippen molar-refractivity contribution < 1.29 is 18.1 Å². The molecular formula is C13H17FO3S. The first kappa shape index (κ1) is 15.0. The van der Waals surface area contributed by atoms with Gasteiger partial charge >= 0.3 is 0 Å². The Hall–Kier alpha value is -1.07. The number of halogens is 1. The molecule has 100 valence electrons. The van der Waals surface area contributed by atoms with Crippen LogP contribution in [0.3, 0.4) is 0 Å². The molecule has 0 bridgehead atoms. The quantitative estimate of drug-likeness (QED) is 0.765. The van der Waals surface area contributed by atoms with Crippen molar-refractivity contribution in [3.63, 3.8) is 0 Å². The SMILES string of the molecule is COC(CCS(=O)c1cccc(F)c1)CC(C)=O. The van der Waals surface area contributed by atoms with Gasteiger partial charge in [-0.3, -0.25) is 9.00 Å². The minimum absolute atomic E-state index is 0.0402. The highest BCUT2D eigenvalue weighted by Crippen LogP contribution is 2.12. The van der Waals surface area contributed by atoms with E-state index in [0.29, 0.717) is 23.5 Å². The molecule has 0 spiro atoms. The van der Waals surface area contributed by atoms with Crippen molar-refractivity contribution in [3.8, 4) is 0 Å². The second-order valence-electron chi connectivity index (χ2n) is 4.06. The largest absolute Gasteiger partial charge is 0.381 e. The van der Waals surface area contributed by atoms with Gasteiger partial charge in [0.25, 0.3) is 0 Å². The molecule has 3 nitrogen and oxygen atoms in total. The molecular weight excluding hydrogens is 255 g/mol. The van der Waals surface area contributed by atoms with Crippen LogP contribution in [0, 0.1) is 5.82 Å². The second kappa shape index (κ2) is 7.38. The molecule has 18 heavy (non-hydrogen) atoms. The van der Waals surface area contributed by atoms with E-state index in [4.69, 9.17) is 4.74 Å². The number of hydrogen-bond donors (Lipinski definition) is 0. The first-order chi connectivity index (χ1) is 8.52. The molecule has 0 heterocycles. The van der Waals surface area contributed by atoms with Crippen molar-refractivity contribution in [1.29, 1.82) is 0 Å². The number of methoxy groups -OCH3 is 1. The van der Waals surface area contributed by atoms with Crippen LogP contribution in [0.1, 0.15) is 19.8 Å². The Bertz CT molecular complexity index is 434. The number of benzene rings is 1. The van der Waals surface area contributed by atoms with Crippen molar-refractivity contribution in [2.24, 2.45) is 0 Å². The average Bonchev–Trinajstić information content (AvgIpc) is 2.33. The van der Waals surface area contributed by atoms with Crippen LogP contribution in [-0.2, 0) is 20.3 Å². The van der Waals surface area contributed by atoms with Crippen LogP contribution in [-0.4, -0.2) is 29.0 Å². The minimum Gasteiger partial charge on any atom is -0.381 e. The fourth-order valence-electron chi connectivity index (χ4n) is 1.59. The van der Waals surface area contributed by atoms with Crippen molar-refractivity contribution in [2.45, 2.75) is 30.8 Å². The van der Waals surface area contributed by atoms with E-state index in [1.54, 1.807) is 6.07 Å². The van der Waals surface area contributed by atoms with Gasteiger partial charge in [-0.1, -0.05) is 6.07 Å². The third-order valence-electron chi connectivity index (χ3n) is 2.53. The summed E-state index contributed by atoms with van der Waals surface area (Å²) >= 11 is 0. The first-order valence-electron chi connectivity index (χ1n) is 5.69. The number of ketones is 1. The van der Waals surface area contributed by atoms with Crippen LogP contribution >= 0.6 is 0 Å². The summed E-state index contributed by atoms with van der Waals surface area (Å²) in [7, 11) is 0.265. The van der Waals surface area contributed by atoms with Gasteiger partial charge in [-0.15, -0.1) is 0 Å². The minimum atomic E-state index is -1.26. The van der Waals surface area contributed by atoms with Crippen molar-refractivity contribution in [2.75, 3.05) is 12.9 Å². The van der Waals surface area contributed by atoms with Crippen molar-refractivity contribution >= 4 is 16.6 Å². The fraction of sp³-hybridized carbons (Fsp3) is 0.462. The Morgan fingerprint density at radius 3 is 2.78 bits per heavy atom. The normalized spacial score (nSPS) is 14.2. The monoisotopic (exact) mass is 272 g/mol. The maximum atomic E-state index is 13.0. The molecule has 2 unspecified atom stereocenters. The van der Waals surface area contributed by atoms with Crippen LogP contribution in [0.5, 0.6) is 0 Å². The summed E-state index contributed by atoms with van der Waals surface area (Å²) in [6.45, 7) is 1.50. The molecule has 5 heteroatoms. The molecule has 0 amide bonds. The van der Waals surface area contributed by atoms with Gasteiger partial charge in [0.15, 0.2) is 0 Å². The zero-order valence-electron chi connectivity index (χ0n) is 10.5. The molecule has 0 N–H and O–H groups in total. The summed E-state index contributed by atoms with van der Waals surface area (Å²) in [5.74, 6) is 0.00108. The number of rotatable bonds is 7. The molecule has 0 aliphatic heterocycles. The average molecular weight is 272 g/mol. The van der Waals surface area contributed by atoms with Crippen LogP contribution in [0.4, 0.5) is 4.39 Å². The van der Waals surface area contributed by atoms with Gasteiger partial charge in [0.2, 0.25) is 0 Å². The Morgan fingerprint density at radius 2 is 2.22 bits per heavy atom. The third kappa shape index (κ3) is 5.06. The van der Waals surface area contributed by atoms with Gasteiger partial charge in [0.05, 0.1) is 16.9 Å². The number of carbonyl (C=O) groups excluding carboxylic acids is 1. The molecule has 0 saturated heterocycles. The van der Waals surface area contributed by atoms with E-state index in [1.807, 2.05) is 0 Å². The second-order valence-corrected chi connectivity index (χ2v) is 5.63. The molecule has 1 aromatic carbocycles. The number of ether oxygens (including phenoxy) is 1. The lowest BCUT2D eigenvalue weighted by Crippen LogP contribution is -2.17. The summed E-state index contributed by atoms with van der Waals surface area (Å²) in [6.07, 6.45) is 0.607. The standard InChI is InChI=1S/C13H17FO3S/c1-10(15)8-12(17-2)6-7-18(16)13-5-3-4-11(14)9-13/h3-5,9,12H,6-8H2,1-2H3. The van der Waals surface area contributed by atoms with Crippen molar-refractivity contribution in [3.05, 3.63) is 30.1 Å². The molecule has 0 radical (unpaired) electrons. The molecule has 0 aliphatic carbocycles. The molecule has 0 fully saturated rings. The van der Waals surface area contributed by atoms with Crippen LogP contribution in [0.15, 0.2) is 29.2 Å². The summed E-state index contributed by atoms with van der Waals surface area (Å²) in [6, 6.07) is 5.75. The number of hydrogen-bond acceptors (Lipinski definition) is 3. The highest BCUT2D eigenvalue weighted by Gasteiger charge is 2.13. The van der Waals surface area contributed by atoms with Gasteiger partial charge in [0.1, 0.15) is 11.6 Å². The molecule has 2 atom stereocenters. The lowest BCUT2D eigenvalue weighted by Gasteiger charge is -2.13. The zero-order valence-corrected chi connectivity index (χ0v) is 11.3. The predicted molar refractivity (Wildman–Crippen MR) is 68.4 cm³/mol. The number of carbonyl (C=O) groups is 1. The lowest BCUT2D eigenvalue weighted by atomic mass is 10.1. The predicted octanol–water partition coefficient (Wildman–Crippen LogP) is 2.32. The lowest BCUT2D eigenvalue weighted by molar-refractivity contribution is -0.119. The van der Waals surface area contributed by atoms with E-state index in [1.165, 1.54) is 32.2 Å². The molecule has 0 aromatic heterocycles. The molecule has 0 aliphatic rings. The van der Waals surface area contributed by atoms with E-state index >= 15 is 0 Å². The number of Topliss-reactive ketones (excluding diaryl/α,β-unsaturated/α-hetero) is 1. The summed E-state index contributed by atoms with van der Waals surface area (Å²) < 4.78 is 30.0. The Balaban J connectivity index is 2.52. The Labute approximate surface area is 109 Å². The topological polar surface area (TPSA) is 43.4 Å². The Morgan fingerprint density at radius 1 is 1.50 bits per heavy atom. The maximum absolute atomic E-state index is 13.0. The highest BCUT2D eigenvalue weighted by atomic mass is 32.2. The van der Waals surface area contributed by atoms with Gasteiger partial charge < -0.3 is 4.74 Å². The van der Waals surface area contributed by atoms with E-state index in [2.05, 4.69) is 0 Å². The summed E-state index contributed by atoms with van der Waals surface area (Å²) in [5, 5.41) is 0. The maximum Gasteiger partial charge on any atom is 0.132 e. The first-order valence-corrected chi connectivity index (χ1v) is 7.01. The zero-order chi connectivity index (χ0) is 13.5. The Kier molecular flexibility index (Phi) is 6.15. The molecule has 1 rings (SSSR count). The van der Waals surface area contributed by atoms with Gasteiger partial charge in [-0.25, -0.2) is 4.39 Å². The van der Waals surface area contributed by atoms with Crippen LogP contribution in [0.25, 0.3) is 0 Å². The summed E-state index contributed by atoms with van der Waals surface area (Å²) in [5.41, 5.74) is 0. The fourth-order valence-corrected chi connectivity index (χ4v) is 2.78. The summed E-state index contributed by atoms with van der Waals surface area (Å²) in [4.78, 5) is 11.4. The molecule has 1 aromatic rings. The van der Waals surface area contributed by atoms with Crippen LogP contribution < -0.4 is 0 Å². The van der Waals surface area contributed by atoms with Gasteiger partial charge in [-0.05, 0) is 31.5 Å². The van der Waals surface area contributed by atoms with E-state index in [9.17, 15) is 13.4 Å². The third-order valence-corrected chi connectivity index (χ3v) is 3.92. The van der Waals surface area contributed by atoms with E-state index < -0.39 is 16.6 Å². The van der Waals surface area contributed by atoms with E-state index in [0.717, 1.165) is 0 Å².